The molecular weight excluding hydrogens is 373 g/mol. The summed E-state index contributed by atoms with van der Waals surface area (Å²) < 4.78 is 12.3. The van der Waals surface area contributed by atoms with Crippen molar-refractivity contribution in [3.05, 3.63) is 40.0 Å². The van der Waals surface area contributed by atoms with Crippen LogP contribution in [0.4, 0.5) is 5.69 Å². The lowest BCUT2D eigenvalue weighted by atomic mass is 10.3. The van der Waals surface area contributed by atoms with Gasteiger partial charge in [0.2, 0.25) is 0 Å². The Morgan fingerprint density at radius 3 is 2.58 bits per heavy atom. The molecule has 0 amide bonds. The number of ether oxygens (including phenoxy) is 2. The molecule has 1 aliphatic heterocycles. The summed E-state index contributed by atoms with van der Waals surface area (Å²) in [6.45, 7) is 1.23. The fraction of sp³-hybridized carbons (Fsp3) is 0.143. The average molecular weight is 385 g/mol. The van der Waals surface area contributed by atoms with Gasteiger partial charge in [0.25, 0.3) is 0 Å². The maximum absolute atomic E-state index is 5.76. The highest BCUT2D eigenvalue weighted by Gasteiger charge is 2.12. The van der Waals surface area contributed by atoms with Crippen molar-refractivity contribution in [2.45, 2.75) is 9.79 Å². The van der Waals surface area contributed by atoms with Crippen LogP contribution in [0.5, 0.6) is 11.5 Å². The summed E-state index contributed by atoms with van der Waals surface area (Å²) >= 11 is 4.00. The van der Waals surface area contributed by atoms with E-state index in [9.17, 15) is 0 Å². The molecule has 0 spiro atoms. The molecule has 1 heterocycles. The number of benzene rings is 2. The molecule has 98 valence electrons. The van der Waals surface area contributed by atoms with Gasteiger partial charge in [-0.3, -0.25) is 0 Å². The van der Waals surface area contributed by atoms with Gasteiger partial charge in [-0.15, -0.1) is 0 Å². The summed E-state index contributed by atoms with van der Waals surface area (Å²) in [4.78, 5) is 2.32. The van der Waals surface area contributed by atoms with Crippen LogP contribution < -0.4 is 15.2 Å². The monoisotopic (exact) mass is 385 g/mol. The van der Waals surface area contributed by atoms with E-state index in [0.717, 1.165) is 25.7 Å². The van der Waals surface area contributed by atoms with Gasteiger partial charge in [0.05, 0.1) is 0 Å². The number of rotatable bonds is 2. The Bertz CT molecular complexity index is 618. The number of halogens is 1. The van der Waals surface area contributed by atoms with Gasteiger partial charge < -0.3 is 15.2 Å². The van der Waals surface area contributed by atoms with Crippen LogP contribution in [-0.2, 0) is 0 Å². The van der Waals surface area contributed by atoms with Crippen molar-refractivity contribution in [2.75, 3.05) is 18.9 Å². The van der Waals surface area contributed by atoms with Crippen LogP contribution in [0.25, 0.3) is 0 Å². The van der Waals surface area contributed by atoms with E-state index in [1.165, 1.54) is 4.90 Å². The summed E-state index contributed by atoms with van der Waals surface area (Å²) in [5.41, 5.74) is 6.55. The normalized spacial score (nSPS) is 13.3. The second-order valence-electron chi connectivity index (χ2n) is 4.10. The van der Waals surface area contributed by atoms with Crippen LogP contribution in [0.2, 0.25) is 0 Å². The van der Waals surface area contributed by atoms with E-state index in [1.54, 1.807) is 11.8 Å². The van der Waals surface area contributed by atoms with Crippen molar-refractivity contribution in [1.82, 2.24) is 0 Å². The molecule has 0 unspecified atom stereocenters. The van der Waals surface area contributed by atoms with Crippen LogP contribution >= 0.6 is 34.4 Å². The minimum Gasteiger partial charge on any atom is -0.486 e. The van der Waals surface area contributed by atoms with E-state index >= 15 is 0 Å². The van der Waals surface area contributed by atoms with Gasteiger partial charge in [0, 0.05) is 19.0 Å². The minimum absolute atomic E-state index is 0.612. The van der Waals surface area contributed by atoms with Crippen molar-refractivity contribution < 1.29 is 9.47 Å². The van der Waals surface area contributed by atoms with Gasteiger partial charge in [0.15, 0.2) is 11.5 Å². The first-order chi connectivity index (χ1) is 9.22. The standard InChI is InChI=1S/C14H12INO2S/c15-11-7-9(16)1-4-14(11)19-10-2-3-12-13(8-10)18-6-5-17-12/h1-4,7-8H,5-6,16H2. The third-order valence-corrected chi connectivity index (χ3v) is 5.02. The van der Waals surface area contributed by atoms with Gasteiger partial charge in [-0.25, -0.2) is 0 Å². The van der Waals surface area contributed by atoms with Gasteiger partial charge in [-0.2, -0.15) is 0 Å². The Labute approximate surface area is 129 Å². The molecule has 0 fully saturated rings. The van der Waals surface area contributed by atoms with E-state index in [-0.39, 0.29) is 0 Å². The van der Waals surface area contributed by atoms with Gasteiger partial charge in [-0.1, -0.05) is 11.8 Å². The molecule has 0 saturated carbocycles. The quantitative estimate of drug-likeness (QED) is 0.631. The number of fused-ring (bicyclic) bond motifs is 1. The molecular formula is C14H12INO2S. The highest BCUT2D eigenvalue weighted by Crippen LogP contribution is 2.38. The smallest absolute Gasteiger partial charge is 0.162 e. The SMILES string of the molecule is Nc1ccc(Sc2ccc3c(c2)OCCO3)c(I)c1. The first-order valence-electron chi connectivity index (χ1n) is 5.85. The molecule has 1 aliphatic rings. The van der Waals surface area contributed by atoms with Crippen molar-refractivity contribution in [2.24, 2.45) is 0 Å². The number of hydrogen-bond donors (Lipinski definition) is 1. The third kappa shape index (κ3) is 2.92. The Balaban J connectivity index is 1.87. The van der Waals surface area contributed by atoms with E-state index in [1.807, 2.05) is 36.4 Å². The Morgan fingerprint density at radius 2 is 1.79 bits per heavy atom. The van der Waals surface area contributed by atoms with Crippen LogP contribution in [0.15, 0.2) is 46.2 Å². The van der Waals surface area contributed by atoms with Gasteiger partial charge in [-0.05, 0) is 59.0 Å². The second kappa shape index (κ2) is 5.50. The third-order valence-electron chi connectivity index (χ3n) is 2.70. The second-order valence-corrected chi connectivity index (χ2v) is 6.37. The summed E-state index contributed by atoms with van der Waals surface area (Å²) in [6, 6.07) is 12.0. The summed E-state index contributed by atoms with van der Waals surface area (Å²) in [7, 11) is 0. The molecule has 2 aromatic rings. The maximum Gasteiger partial charge on any atom is 0.162 e. The molecule has 0 bridgehead atoms. The maximum atomic E-state index is 5.76. The molecule has 2 aromatic carbocycles. The van der Waals surface area contributed by atoms with Crippen molar-refractivity contribution in [3.63, 3.8) is 0 Å². The number of hydrogen-bond acceptors (Lipinski definition) is 4. The zero-order chi connectivity index (χ0) is 13.2. The van der Waals surface area contributed by atoms with E-state index in [2.05, 4.69) is 22.6 Å². The minimum atomic E-state index is 0.612. The van der Waals surface area contributed by atoms with E-state index in [0.29, 0.717) is 13.2 Å². The van der Waals surface area contributed by atoms with Crippen LogP contribution in [0.1, 0.15) is 0 Å². The molecule has 3 rings (SSSR count). The van der Waals surface area contributed by atoms with E-state index in [4.69, 9.17) is 15.2 Å². The molecule has 2 N–H and O–H groups in total. The first kappa shape index (κ1) is 12.9. The zero-order valence-electron chi connectivity index (χ0n) is 10.1. The summed E-state index contributed by atoms with van der Waals surface area (Å²) in [5, 5.41) is 0. The molecule has 0 aliphatic carbocycles. The molecule has 5 heteroatoms. The summed E-state index contributed by atoms with van der Waals surface area (Å²) in [6.07, 6.45) is 0. The number of nitrogens with two attached hydrogens (primary N) is 1. The van der Waals surface area contributed by atoms with Crippen molar-refractivity contribution >= 4 is 40.0 Å². The fourth-order valence-electron chi connectivity index (χ4n) is 1.81. The Morgan fingerprint density at radius 1 is 1.00 bits per heavy atom. The van der Waals surface area contributed by atoms with E-state index < -0.39 is 0 Å². The molecule has 0 radical (unpaired) electrons. The summed E-state index contributed by atoms with van der Waals surface area (Å²) in [5.74, 6) is 1.64. The Kier molecular flexibility index (Phi) is 3.74. The topological polar surface area (TPSA) is 44.5 Å². The highest BCUT2D eigenvalue weighted by atomic mass is 127. The lowest BCUT2D eigenvalue weighted by Crippen LogP contribution is -2.15. The lowest BCUT2D eigenvalue weighted by molar-refractivity contribution is 0.171. The lowest BCUT2D eigenvalue weighted by Gasteiger charge is -2.18. The Hall–Kier alpha value is -1.08. The predicted octanol–water partition coefficient (Wildman–Crippen LogP) is 3.80. The molecule has 0 atom stereocenters. The number of nitrogen functional groups attached to an aromatic ring is 1. The average Bonchev–Trinajstić information content (AvgIpc) is 2.42. The predicted molar refractivity (Wildman–Crippen MR) is 85.1 cm³/mol. The molecule has 0 aromatic heterocycles. The van der Waals surface area contributed by atoms with Gasteiger partial charge >= 0.3 is 0 Å². The van der Waals surface area contributed by atoms with Crippen LogP contribution in [0, 0.1) is 3.57 Å². The first-order valence-corrected chi connectivity index (χ1v) is 7.74. The molecule has 3 nitrogen and oxygen atoms in total. The number of anilines is 1. The highest BCUT2D eigenvalue weighted by molar-refractivity contribution is 14.1. The molecule has 0 saturated heterocycles. The zero-order valence-corrected chi connectivity index (χ0v) is 13.0. The fourth-order valence-corrected chi connectivity index (χ4v) is 3.53. The van der Waals surface area contributed by atoms with Crippen molar-refractivity contribution in [3.8, 4) is 11.5 Å². The van der Waals surface area contributed by atoms with Crippen LogP contribution in [-0.4, -0.2) is 13.2 Å². The van der Waals surface area contributed by atoms with Crippen LogP contribution in [0.3, 0.4) is 0 Å². The van der Waals surface area contributed by atoms with Gasteiger partial charge in [0.1, 0.15) is 13.2 Å². The largest absolute Gasteiger partial charge is 0.486 e. The molecule has 19 heavy (non-hydrogen) atoms. The van der Waals surface area contributed by atoms with Crippen molar-refractivity contribution in [1.29, 1.82) is 0 Å².